The van der Waals surface area contributed by atoms with E-state index in [4.69, 9.17) is 14.2 Å². The number of hydrogen-bond acceptors (Lipinski definition) is 6. The summed E-state index contributed by atoms with van der Waals surface area (Å²) in [5.41, 5.74) is 0. The summed E-state index contributed by atoms with van der Waals surface area (Å²) in [6.45, 7) is 6.53. The molecule has 0 aliphatic rings. The lowest BCUT2D eigenvalue weighted by molar-refractivity contribution is -0.167. The SMILES string of the molecule is CC/C=C\C/C=C\C/C=C\CCCCCCCC(=O)OC(COC(=O)CCCCCCCCCC)COC(=O)CCCCCCCCCCCCCCCCCCCCCCCCCCCCCCCCC. The van der Waals surface area contributed by atoms with Crippen molar-refractivity contribution in [3.63, 3.8) is 0 Å². The van der Waals surface area contributed by atoms with Crippen LogP contribution < -0.4 is 0 Å². The first kappa shape index (κ1) is 69.6. The number of carbonyl (C=O) groups excluding carboxylic acids is 3. The van der Waals surface area contributed by atoms with Crippen molar-refractivity contribution in [1.82, 2.24) is 0 Å². The molecule has 0 heterocycles. The molecule has 0 aromatic carbocycles. The quantitative estimate of drug-likeness (QED) is 0.0261. The van der Waals surface area contributed by atoms with Crippen molar-refractivity contribution in [2.45, 2.75) is 354 Å². The molecular formula is C66H122O6. The molecule has 0 aliphatic heterocycles. The third-order valence-corrected chi connectivity index (χ3v) is 14.4. The number of carbonyl (C=O) groups is 3. The van der Waals surface area contributed by atoms with Crippen LogP contribution in [-0.2, 0) is 28.6 Å². The predicted molar refractivity (Wildman–Crippen MR) is 312 cm³/mol. The van der Waals surface area contributed by atoms with E-state index in [2.05, 4.69) is 57.2 Å². The van der Waals surface area contributed by atoms with Gasteiger partial charge >= 0.3 is 17.9 Å². The van der Waals surface area contributed by atoms with Gasteiger partial charge in [-0.05, 0) is 51.4 Å². The second-order valence-electron chi connectivity index (χ2n) is 21.7. The first-order valence-electron chi connectivity index (χ1n) is 32.0. The molecule has 0 spiro atoms. The molecule has 1 unspecified atom stereocenters. The van der Waals surface area contributed by atoms with Gasteiger partial charge in [0.05, 0.1) is 0 Å². The molecule has 1 atom stereocenters. The molecule has 0 aliphatic carbocycles. The van der Waals surface area contributed by atoms with Crippen LogP contribution >= 0.6 is 0 Å². The van der Waals surface area contributed by atoms with E-state index in [-0.39, 0.29) is 31.1 Å². The Balaban J connectivity index is 4.00. The van der Waals surface area contributed by atoms with Crippen LogP contribution in [0.1, 0.15) is 348 Å². The Labute approximate surface area is 448 Å². The fourth-order valence-corrected chi connectivity index (χ4v) is 9.64. The van der Waals surface area contributed by atoms with Crippen LogP contribution in [0.3, 0.4) is 0 Å². The zero-order valence-electron chi connectivity index (χ0n) is 48.5. The number of hydrogen-bond donors (Lipinski definition) is 0. The molecule has 0 rings (SSSR count). The lowest BCUT2D eigenvalue weighted by Gasteiger charge is -2.18. The first-order valence-corrected chi connectivity index (χ1v) is 32.0. The van der Waals surface area contributed by atoms with Gasteiger partial charge in [0.1, 0.15) is 13.2 Å². The van der Waals surface area contributed by atoms with E-state index in [1.165, 1.54) is 212 Å². The Morgan fingerprint density at radius 2 is 0.542 bits per heavy atom. The Bertz CT molecular complexity index is 1210. The van der Waals surface area contributed by atoms with Gasteiger partial charge in [-0.15, -0.1) is 0 Å². The third kappa shape index (κ3) is 58.5. The topological polar surface area (TPSA) is 78.9 Å². The molecule has 0 aromatic heterocycles. The molecular weight excluding hydrogens is 889 g/mol. The summed E-state index contributed by atoms with van der Waals surface area (Å²) in [4.78, 5) is 38.0. The second kappa shape index (κ2) is 61.2. The highest BCUT2D eigenvalue weighted by Gasteiger charge is 2.19. The van der Waals surface area contributed by atoms with Crippen LogP contribution in [0.5, 0.6) is 0 Å². The molecule has 0 saturated heterocycles. The van der Waals surface area contributed by atoms with Crippen molar-refractivity contribution in [3.8, 4) is 0 Å². The van der Waals surface area contributed by atoms with Crippen molar-refractivity contribution in [2.75, 3.05) is 13.2 Å². The summed E-state index contributed by atoms with van der Waals surface area (Å²) < 4.78 is 16.8. The molecule has 0 fully saturated rings. The standard InChI is InChI=1S/C66H122O6/c1-4-7-10-13-16-19-21-23-25-26-27-28-29-30-31-32-33-34-35-36-37-38-39-40-42-43-45-47-50-53-56-59-65(68)71-62-63(61-70-64(67)58-55-52-49-18-15-12-9-6-3)72-66(69)60-57-54-51-48-46-44-41-24-22-20-17-14-11-8-5-2/h8,11,17,20,24,41,63H,4-7,9-10,12-16,18-19,21-23,25-40,42-62H2,1-3H3/b11-8-,20-17-,41-24-. The van der Waals surface area contributed by atoms with Crippen LogP contribution in [-0.4, -0.2) is 37.2 Å². The number of ether oxygens (including phenoxy) is 3. The molecule has 0 N–H and O–H groups in total. The summed E-state index contributed by atoms with van der Waals surface area (Å²) in [6, 6.07) is 0. The van der Waals surface area contributed by atoms with Gasteiger partial charge in [-0.2, -0.15) is 0 Å². The fourth-order valence-electron chi connectivity index (χ4n) is 9.64. The minimum absolute atomic E-state index is 0.0750. The van der Waals surface area contributed by atoms with Crippen LogP contribution in [0, 0.1) is 0 Å². The largest absolute Gasteiger partial charge is 0.462 e. The smallest absolute Gasteiger partial charge is 0.306 e. The van der Waals surface area contributed by atoms with Crippen molar-refractivity contribution >= 4 is 17.9 Å². The van der Waals surface area contributed by atoms with Gasteiger partial charge in [-0.3, -0.25) is 14.4 Å². The van der Waals surface area contributed by atoms with Gasteiger partial charge < -0.3 is 14.2 Å². The molecule has 0 radical (unpaired) electrons. The minimum atomic E-state index is -0.776. The molecule has 6 heteroatoms. The van der Waals surface area contributed by atoms with E-state index >= 15 is 0 Å². The van der Waals surface area contributed by atoms with E-state index in [0.717, 1.165) is 96.3 Å². The maximum absolute atomic E-state index is 12.8. The Kier molecular flexibility index (Phi) is 59.2. The Morgan fingerprint density at radius 3 is 0.847 bits per heavy atom. The molecule has 6 nitrogen and oxygen atoms in total. The number of unbranched alkanes of at least 4 members (excludes halogenated alkanes) is 42. The second-order valence-corrected chi connectivity index (χ2v) is 21.7. The van der Waals surface area contributed by atoms with Gasteiger partial charge in [-0.25, -0.2) is 0 Å². The van der Waals surface area contributed by atoms with Crippen LogP contribution in [0.2, 0.25) is 0 Å². The van der Waals surface area contributed by atoms with E-state index < -0.39 is 6.10 Å². The highest BCUT2D eigenvalue weighted by molar-refractivity contribution is 5.71. The molecule has 0 bridgehead atoms. The minimum Gasteiger partial charge on any atom is -0.462 e. The maximum Gasteiger partial charge on any atom is 0.306 e. The molecule has 0 saturated carbocycles. The fraction of sp³-hybridized carbons (Fsp3) is 0.864. The summed E-state index contributed by atoms with van der Waals surface area (Å²) in [5.74, 6) is -0.879. The van der Waals surface area contributed by atoms with Crippen LogP contribution in [0.25, 0.3) is 0 Å². The van der Waals surface area contributed by atoms with Crippen molar-refractivity contribution in [3.05, 3.63) is 36.5 Å². The average molecular weight is 1010 g/mol. The number of allylic oxidation sites excluding steroid dienone is 6. The molecule has 0 amide bonds. The third-order valence-electron chi connectivity index (χ3n) is 14.4. The Morgan fingerprint density at radius 1 is 0.292 bits per heavy atom. The van der Waals surface area contributed by atoms with Gasteiger partial charge in [0, 0.05) is 19.3 Å². The maximum atomic E-state index is 12.8. The normalized spacial score (nSPS) is 12.2. The highest BCUT2D eigenvalue weighted by atomic mass is 16.6. The first-order chi connectivity index (χ1) is 35.5. The molecule has 422 valence electrons. The van der Waals surface area contributed by atoms with Crippen molar-refractivity contribution in [2.24, 2.45) is 0 Å². The van der Waals surface area contributed by atoms with E-state index in [1.807, 2.05) is 0 Å². The zero-order valence-corrected chi connectivity index (χ0v) is 48.5. The average Bonchev–Trinajstić information content (AvgIpc) is 3.38. The lowest BCUT2D eigenvalue weighted by Crippen LogP contribution is -2.30. The van der Waals surface area contributed by atoms with Gasteiger partial charge in [0.15, 0.2) is 6.10 Å². The van der Waals surface area contributed by atoms with Gasteiger partial charge in [0.2, 0.25) is 0 Å². The zero-order chi connectivity index (χ0) is 52.2. The summed E-state index contributed by atoms with van der Waals surface area (Å²) >= 11 is 0. The number of esters is 3. The van der Waals surface area contributed by atoms with Crippen molar-refractivity contribution in [1.29, 1.82) is 0 Å². The van der Waals surface area contributed by atoms with E-state index in [9.17, 15) is 14.4 Å². The Hall–Kier alpha value is -2.37. The lowest BCUT2D eigenvalue weighted by atomic mass is 10.0. The van der Waals surface area contributed by atoms with E-state index in [0.29, 0.717) is 19.3 Å². The van der Waals surface area contributed by atoms with Crippen LogP contribution in [0.15, 0.2) is 36.5 Å². The predicted octanol–water partition coefficient (Wildman–Crippen LogP) is 21.6. The van der Waals surface area contributed by atoms with Gasteiger partial charge in [0.25, 0.3) is 0 Å². The molecule has 0 aromatic rings. The summed E-state index contributed by atoms with van der Waals surface area (Å²) in [6.07, 6.45) is 74.8. The van der Waals surface area contributed by atoms with E-state index in [1.54, 1.807) is 0 Å². The van der Waals surface area contributed by atoms with Crippen molar-refractivity contribution < 1.29 is 28.6 Å². The monoisotopic (exact) mass is 1010 g/mol. The van der Waals surface area contributed by atoms with Crippen LogP contribution in [0.4, 0.5) is 0 Å². The summed E-state index contributed by atoms with van der Waals surface area (Å²) in [5, 5.41) is 0. The summed E-state index contributed by atoms with van der Waals surface area (Å²) in [7, 11) is 0. The molecule has 72 heavy (non-hydrogen) atoms. The highest BCUT2D eigenvalue weighted by Crippen LogP contribution is 2.18. The van der Waals surface area contributed by atoms with Gasteiger partial charge in [-0.1, -0.05) is 314 Å². The number of rotatable bonds is 59.